The van der Waals surface area contributed by atoms with Gasteiger partial charge in [0, 0.05) is 5.75 Å². The normalized spacial score (nSPS) is 12.0. The molecule has 2 N–H and O–H groups in total. The van der Waals surface area contributed by atoms with E-state index in [1.807, 2.05) is 0 Å². The third kappa shape index (κ3) is 8.27. The van der Waals surface area contributed by atoms with Gasteiger partial charge in [-0.2, -0.15) is 11.8 Å². The fraction of sp³-hybridized carbons (Fsp3) is 1.00. The Balaban J connectivity index is 3.07. The van der Waals surface area contributed by atoms with Crippen LogP contribution in [-0.2, 0) is 0 Å². The standard InChI is InChI=1S/C6H14O2S/c1-3-4-9-5-6(2,7)8/h7-8H,3-5H2,1-2H3. The van der Waals surface area contributed by atoms with Gasteiger partial charge in [-0.05, 0) is 19.1 Å². The van der Waals surface area contributed by atoms with Crippen LogP contribution in [0.2, 0.25) is 0 Å². The van der Waals surface area contributed by atoms with Crippen LogP contribution in [0.25, 0.3) is 0 Å². The Kier molecular flexibility index (Phi) is 4.27. The molecule has 3 heteroatoms. The summed E-state index contributed by atoms with van der Waals surface area (Å²) in [4.78, 5) is 0. The van der Waals surface area contributed by atoms with Gasteiger partial charge >= 0.3 is 0 Å². The highest BCUT2D eigenvalue weighted by atomic mass is 32.2. The zero-order valence-electron chi connectivity index (χ0n) is 5.92. The number of hydrogen-bond acceptors (Lipinski definition) is 3. The lowest BCUT2D eigenvalue weighted by Gasteiger charge is -2.13. The molecule has 56 valence electrons. The summed E-state index contributed by atoms with van der Waals surface area (Å²) in [5.74, 6) is -0.0859. The molecule has 0 aromatic rings. The quantitative estimate of drug-likeness (QED) is 0.460. The van der Waals surface area contributed by atoms with Gasteiger partial charge < -0.3 is 10.2 Å². The molecule has 0 aliphatic rings. The Morgan fingerprint density at radius 1 is 1.44 bits per heavy atom. The van der Waals surface area contributed by atoms with Gasteiger partial charge in [0.15, 0.2) is 5.79 Å². The van der Waals surface area contributed by atoms with Gasteiger partial charge in [0.05, 0.1) is 0 Å². The van der Waals surface area contributed by atoms with E-state index >= 15 is 0 Å². The molecule has 0 aromatic carbocycles. The molecule has 0 heterocycles. The molecular weight excluding hydrogens is 136 g/mol. The van der Waals surface area contributed by atoms with Crippen molar-refractivity contribution in [3.05, 3.63) is 0 Å². The molecule has 0 spiro atoms. The number of thioether (sulfide) groups is 1. The minimum atomic E-state index is -1.49. The van der Waals surface area contributed by atoms with Crippen LogP contribution < -0.4 is 0 Å². The summed E-state index contributed by atoms with van der Waals surface area (Å²) in [5, 5.41) is 17.6. The van der Waals surface area contributed by atoms with E-state index in [0.29, 0.717) is 5.75 Å². The van der Waals surface area contributed by atoms with Gasteiger partial charge in [0.25, 0.3) is 0 Å². The predicted molar refractivity (Wildman–Crippen MR) is 40.5 cm³/mol. The zero-order valence-corrected chi connectivity index (χ0v) is 6.74. The van der Waals surface area contributed by atoms with Crippen LogP contribution in [0.4, 0.5) is 0 Å². The number of hydrogen-bond donors (Lipinski definition) is 2. The van der Waals surface area contributed by atoms with Crippen molar-refractivity contribution >= 4 is 11.8 Å². The largest absolute Gasteiger partial charge is 0.365 e. The first-order valence-corrected chi connectivity index (χ1v) is 4.24. The lowest BCUT2D eigenvalue weighted by Crippen LogP contribution is -2.26. The topological polar surface area (TPSA) is 40.5 Å². The van der Waals surface area contributed by atoms with E-state index in [9.17, 15) is 0 Å². The molecule has 0 aromatic heterocycles. The maximum atomic E-state index is 8.78. The molecule has 0 radical (unpaired) electrons. The van der Waals surface area contributed by atoms with Crippen molar-refractivity contribution in [1.82, 2.24) is 0 Å². The van der Waals surface area contributed by atoms with Crippen molar-refractivity contribution in [2.24, 2.45) is 0 Å². The van der Waals surface area contributed by atoms with Crippen LogP contribution in [-0.4, -0.2) is 27.5 Å². The Morgan fingerprint density at radius 3 is 2.33 bits per heavy atom. The summed E-state index contributed by atoms with van der Waals surface area (Å²) >= 11 is 1.56. The maximum absolute atomic E-state index is 8.78. The second-order valence-corrected chi connectivity index (χ2v) is 3.37. The zero-order chi connectivity index (χ0) is 7.33. The summed E-state index contributed by atoms with van der Waals surface area (Å²) in [5.41, 5.74) is 0. The van der Waals surface area contributed by atoms with Gasteiger partial charge in [0.2, 0.25) is 0 Å². The van der Waals surface area contributed by atoms with Gasteiger partial charge in [-0.1, -0.05) is 6.92 Å². The molecule has 0 bridgehead atoms. The molecule has 0 aliphatic carbocycles. The van der Waals surface area contributed by atoms with Crippen LogP contribution in [0.3, 0.4) is 0 Å². The molecule has 0 unspecified atom stereocenters. The molecule has 0 saturated heterocycles. The summed E-state index contributed by atoms with van der Waals surface area (Å²) in [7, 11) is 0. The van der Waals surface area contributed by atoms with Crippen molar-refractivity contribution in [3.63, 3.8) is 0 Å². The van der Waals surface area contributed by atoms with E-state index < -0.39 is 5.79 Å². The Bertz CT molecular complexity index is 67.9. The fourth-order valence-electron chi connectivity index (χ4n) is 0.410. The minimum Gasteiger partial charge on any atom is -0.365 e. The average Bonchev–Trinajstić information content (AvgIpc) is 1.63. The number of rotatable bonds is 4. The lowest BCUT2D eigenvalue weighted by molar-refractivity contribution is -0.123. The monoisotopic (exact) mass is 150 g/mol. The van der Waals surface area contributed by atoms with Crippen molar-refractivity contribution in [2.75, 3.05) is 11.5 Å². The Hall–Kier alpha value is 0.270. The summed E-state index contributed by atoms with van der Waals surface area (Å²) < 4.78 is 0. The highest BCUT2D eigenvalue weighted by Gasteiger charge is 2.13. The molecule has 0 amide bonds. The van der Waals surface area contributed by atoms with Gasteiger partial charge in [-0.15, -0.1) is 0 Å². The van der Waals surface area contributed by atoms with Gasteiger partial charge in [0.1, 0.15) is 0 Å². The minimum absolute atomic E-state index is 0.404. The van der Waals surface area contributed by atoms with Gasteiger partial charge in [-0.25, -0.2) is 0 Å². The Labute approximate surface area is 60.3 Å². The van der Waals surface area contributed by atoms with Crippen molar-refractivity contribution in [2.45, 2.75) is 26.1 Å². The lowest BCUT2D eigenvalue weighted by atomic mass is 10.4. The van der Waals surface area contributed by atoms with E-state index in [4.69, 9.17) is 10.2 Å². The van der Waals surface area contributed by atoms with E-state index in [1.54, 1.807) is 11.8 Å². The summed E-state index contributed by atoms with van der Waals surface area (Å²) in [6, 6.07) is 0. The van der Waals surface area contributed by atoms with Crippen LogP contribution in [0.15, 0.2) is 0 Å². The van der Waals surface area contributed by atoms with Crippen LogP contribution in [0.1, 0.15) is 20.3 Å². The SMILES string of the molecule is CCCSCC(C)(O)O. The first kappa shape index (κ1) is 9.27. The summed E-state index contributed by atoms with van der Waals surface area (Å²) in [6.45, 7) is 3.47. The molecule has 0 fully saturated rings. The van der Waals surface area contributed by atoms with Crippen LogP contribution >= 0.6 is 11.8 Å². The van der Waals surface area contributed by atoms with Gasteiger partial charge in [-0.3, -0.25) is 0 Å². The highest BCUT2D eigenvalue weighted by molar-refractivity contribution is 7.99. The molecule has 9 heavy (non-hydrogen) atoms. The molecular formula is C6H14O2S. The second kappa shape index (κ2) is 4.14. The molecule has 0 atom stereocenters. The molecule has 0 rings (SSSR count). The van der Waals surface area contributed by atoms with Crippen LogP contribution in [0, 0.1) is 0 Å². The highest BCUT2D eigenvalue weighted by Crippen LogP contribution is 2.09. The third-order valence-corrected chi connectivity index (χ3v) is 2.17. The third-order valence-electron chi connectivity index (χ3n) is 0.724. The predicted octanol–water partition coefficient (Wildman–Crippen LogP) is 0.830. The van der Waals surface area contributed by atoms with E-state index in [0.717, 1.165) is 12.2 Å². The van der Waals surface area contributed by atoms with Crippen molar-refractivity contribution in [3.8, 4) is 0 Å². The van der Waals surface area contributed by atoms with E-state index in [1.165, 1.54) is 6.92 Å². The summed E-state index contributed by atoms with van der Waals surface area (Å²) in [6.07, 6.45) is 1.08. The fourth-order valence-corrected chi connectivity index (χ4v) is 1.23. The first-order valence-electron chi connectivity index (χ1n) is 3.09. The maximum Gasteiger partial charge on any atom is 0.168 e. The second-order valence-electron chi connectivity index (χ2n) is 2.27. The molecule has 0 saturated carbocycles. The van der Waals surface area contributed by atoms with E-state index in [-0.39, 0.29) is 0 Å². The molecule has 0 aliphatic heterocycles. The smallest absolute Gasteiger partial charge is 0.168 e. The van der Waals surface area contributed by atoms with Crippen LogP contribution in [0.5, 0.6) is 0 Å². The van der Waals surface area contributed by atoms with Crippen molar-refractivity contribution in [1.29, 1.82) is 0 Å². The first-order chi connectivity index (χ1) is 4.06. The number of aliphatic hydroxyl groups is 2. The average molecular weight is 150 g/mol. The Morgan fingerprint density at radius 2 is 2.00 bits per heavy atom. The van der Waals surface area contributed by atoms with E-state index in [2.05, 4.69) is 6.92 Å². The molecule has 2 nitrogen and oxygen atoms in total. The van der Waals surface area contributed by atoms with Crippen molar-refractivity contribution < 1.29 is 10.2 Å².